The number of furan rings is 1. The molecule has 0 aromatic carbocycles. The van der Waals surface area contributed by atoms with Crippen molar-refractivity contribution < 1.29 is 13.9 Å². The molecule has 5 nitrogen and oxygen atoms in total. The molecular formula is C14H14N2O3. The molecule has 98 valence electrons. The standard InChI is InChI=1S/C14H14N2O3/c1-2-18-14(17)12-15-10-8-11(19-13(10)16-12)9-6-4-3-5-7-9/h4,6-8H,2-3,5H2,1H3,(H,15,16). The van der Waals surface area contributed by atoms with Crippen LogP contribution in [0, 0.1) is 0 Å². The van der Waals surface area contributed by atoms with Gasteiger partial charge in [0.1, 0.15) is 11.3 Å². The second-order valence-corrected chi connectivity index (χ2v) is 4.27. The Bertz CT molecular complexity index is 644. The Balaban J connectivity index is 1.91. The van der Waals surface area contributed by atoms with E-state index in [1.165, 1.54) is 0 Å². The van der Waals surface area contributed by atoms with Gasteiger partial charge < -0.3 is 14.1 Å². The van der Waals surface area contributed by atoms with Crippen LogP contribution in [-0.2, 0) is 4.74 Å². The fourth-order valence-electron chi connectivity index (χ4n) is 2.05. The quantitative estimate of drug-likeness (QED) is 0.859. The predicted molar refractivity (Wildman–Crippen MR) is 70.7 cm³/mol. The lowest BCUT2D eigenvalue weighted by atomic mass is 10.1. The van der Waals surface area contributed by atoms with Gasteiger partial charge in [0.2, 0.25) is 11.5 Å². The molecule has 1 aliphatic rings. The van der Waals surface area contributed by atoms with Gasteiger partial charge in [-0.3, -0.25) is 0 Å². The number of nitrogens with zero attached hydrogens (tertiary/aromatic N) is 1. The number of carbonyl (C=O) groups is 1. The van der Waals surface area contributed by atoms with E-state index in [0.717, 1.165) is 24.2 Å². The first-order chi connectivity index (χ1) is 9.28. The molecule has 1 N–H and O–H groups in total. The van der Waals surface area contributed by atoms with Crippen molar-refractivity contribution in [3.63, 3.8) is 0 Å². The number of ether oxygens (including phenoxy) is 1. The zero-order chi connectivity index (χ0) is 13.2. The maximum absolute atomic E-state index is 11.5. The molecule has 0 saturated carbocycles. The van der Waals surface area contributed by atoms with Crippen molar-refractivity contribution in [2.24, 2.45) is 0 Å². The molecule has 0 unspecified atom stereocenters. The van der Waals surface area contributed by atoms with Gasteiger partial charge in [0.15, 0.2) is 0 Å². The third kappa shape index (κ3) is 2.19. The molecule has 0 amide bonds. The fourth-order valence-corrected chi connectivity index (χ4v) is 2.05. The van der Waals surface area contributed by atoms with Gasteiger partial charge in [0, 0.05) is 11.6 Å². The molecule has 0 atom stereocenters. The number of aromatic amines is 1. The summed E-state index contributed by atoms with van der Waals surface area (Å²) in [5.41, 5.74) is 2.19. The van der Waals surface area contributed by atoms with Crippen LogP contribution in [-0.4, -0.2) is 22.5 Å². The smallest absolute Gasteiger partial charge is 0.374 e. The second kappa shape index (κ2) is 4.76. The second-order valence-electron chi connectivity index (χ2n) is 4.27. The SMILES string of the molecule is CCOC(=O)c1nc2oc(C3=CCCC=C3)cc2[nH]1. The van der Waals surface area contributed by atoms with Gasteiger partial charge in [-0.1, -0.05) is 18.2 Å². The number of rotatable bonds is 3. The van der Waals surface area contributed by atoms with E-state index in [4.69, 9.17) is 9.15 Å². The van der Waals surface area contributed by atoms with E-state index in [0.29, 0.717) is 17.8 Å². The average molecular weight is 258 g/mol. The Labute approximate surface area is 110 Å². The summed E-state index contributed by atoms with van der Waals surface area (Å²) in [7, 11) is 0. The van der Waals surface area contributed by atoms with E-state index in [2.05, 4.69) is 22.1 Å². The number of nitrogens with one attached hydrogen (secondary N) is 1. The van der Waals surface area contributed by atoms with Crippen molar-refractivity contribution in [1.82, 2.24) is 9.97 Å². The largest absolute Gasteiger partial charge is 0.460 e. The highest BCUT2D eigenvalue weighted by Gasteiger charge is 2.16. The number of H-pyrrole nitrogens is 1. The third-order valence-electron chi connectivity index (χ3n) is 2.93. The minimum absolute atomic E-state index is 0.176. The van der Waals surface area contributed by atoms with Gasteiger partial charge in [0.25, 0.3) is 0 Å². The number of hydrogen-bond donors (Lipinski definition) is 1. The molecule has 2 aromatic rings. The summed E-state index contributed by atoms with van der Waals surface area (Å²) < 4.78 is 10.5. The van der Waals surface area contributed by atoms with Crippen LogP contribution in [0.4, 0.5) is 0 Å². The highest BCUT2D eigenvalue weighted by atomic mass is 16.5. The number of imidazole rings is 1. The van der Waals surface area contributed by atoms with E-state index >= 15 is 0 Å². The van der Waals surface area contributed by atoms with Gasteiger partial charge in [-0.05, 0) is 19.8 Å². The number of esters is 1. The molecule has 0 saturated heterocycles. The Morgan fingerprint density at radius 3 is 3.11 bits per heavy atom. The van der Waals surface area contributed by atoms with Crippen LogP contribution in [0.5, 0.6) is 0 Å². The van der Waals surface area contributed by atoms with Crippen molar-refractivity contribution in [2.75, 3.05) is 6.61 Å². The first-order valence-corrected chi connectivity index (χ1v) is 6.31. The van der Waals surface area contributed by atoms with Crippen LogP contribution >= 0.6 is 0 Å². The molecule has 0 spiro atoms. The molecule has 5 heteroatoms. The minimum Gasteiger partial charge on any atom is -0.460 e. The van der Waals surface area contributed by atoms with Crippen molar-refractivity contribution in [3.8, 4) is 0 Å². The number of fused-ring (bicyclic) bond motifs is 1. The Morgan fingerprint density at radius 1 is 1.53 bits per heavy atom. The fraction of sp³-hybridized carbons (Fsp3) is 0.286. The summed E-state index contributed by atoms with van der Waals surface area (Å²) in [4.78, 5) is 18.5. The lowest BCUT2D eigenvalue weighted by Gasteiger charge is -2.02. The predicted octanol–water partition coefficient (Wildman–Crippen LogP) is 3.07. The number of hydrogen-bond acceptors (Lipinski definition) is 4. The van der Waals surface area contributed by atoms with Crippen LogP contribution in [0.15, 0.2) is 28.7 Å². The lowest BCUT2D eigenvalue weighted by molar-refractivity contribution is 0.0513. The number of carbonyl (C=O) groups excluding carboxylic acids is 1. The topological polar surface area (TPSA) is 68.1 Å². The molecular weight excluding hydrogens is 244 g/mol. The van der Waals surface area contributed by atoms with Crippen LogP contribution < -0.4 is 0 Å². The first-order valence-electron chi connectivity index (χ1n) is 6.31. The van der Waals surface area contributed by atoms with Gasteiger partial charge in [-0.2, -0.15) is 4.98 Å². The van der Waals surface area contributed by atoms with Gasteiger partial charge >= 0.3 is 5.97 Å². The van der Waals surface area contributed by atoms with Gasteiger partial charge in [-0.15, -0.1) is 0 Å². The Morgan fingerprint density at radius 2 is 2.42 bits per heavy atom. The molecule has 0 aliphatic heterocycles. The average Bonchev–Trinajstić information content (AvgIpc) is 2.98. The maximum Gasteiger partial charge on any atom is 0.374 e. The monoisotopic (exact) mass is 258 g/mol. The normalized spacial score (nSPS) is 14.7. The van der Waals surface area contributed by atoms with Crippen molar-refractivity contribution in [3.05, 3.63) is 35.9 Å². The van der Waals surface area contributed by atoms with E-state index in [1.807, 2.05) is 12.1 Å². The van der Waals surface area contributed by atoms with Crippen molar-refractivity contribution in [1.29, 1.82) is 0 Å². The zero-order valence-corrected chi connectivity index (χ0v) is 10.6. The molecule has 2 heterocycles. The van der Waals surface area contributed by atoms with Crippen LogP contribution in [0.1, 0.15) is 36.1 Å². The summed E-state index contributed by atoms with van der Waals surface area (Å²) in [6.07, 6.45) is 8.36. The summed E-state index contributed by atoms with van der Waals surface area (Å²) >= 11 is 0. The summed E-state index contributed by atoms with van der Waals surface area (Å²) in [6, 6.07) is 1.85. The summed E-state index contributed by atoms with van der Waals surface area (Å²) in [5.74, 6) is 0.475. The summed E-state index contributed by atoms with van der Waals surface area (Å²) in [6.45, 7) is 2.08. The molecule has 19 heavy (non-hydrogen) atoms. The molecule has 3 rings (SSSR count). The summed E-state index contributed by atoms with van der Waals surface area (Å²) in [5, 5.41) is 0. The van der Waals surface area contributed by atoms with E-state index in [-0.39, 0.29) is 5.82 Å². The molecule has 0 fully saturated rings. The third-order valence-corrected chi connectivity index (χ3v) is 2.93. The lowest BCUT2D eigenvalue weighted by Crippen LogP contribution is -2.06. The van der Waals surface area contributed by atoms with E-state index in [9.17, 15) is 4.79 Å². The van der Waals surface area contributed by atoms with Gasteiger partial charge in [0.05, 0.1) is 6.61 Å². The minimum atomic E-state index is -0.466. The van der Waals surface area contributed by atoms with Gasteiger partial charge in [-0.25, -0.2) is 4.79 Å². The zero-order valence-electron chi connectivity index (χ0n) is 10.6. The molecule has 0 bridgehead atoms. The van der Waals surface area contributed by atoms with Crippen LogP contribution in [0.3, 0.4) is 0 Å². The highest BCUT2D eigenvalue weighted by molar-refractivity contribution is 5.90. The van der Waals surface area contributed by atoms with E-state index < -0.39 is 5.97 Å². The molecule has 2 aromatic heterocycles. The number of allylic oxidation sites excluding steroid dienone is 4. The Kier molecular flexibility index (Phi) is 2.95. The first kappa shape index (κ1) is 11.8. The number of aromatic nitrogens is 2. The molecule has 1 aliphatic carbocycles. The van der Waals surface area contributed by atoms with Crippen molar-refractivity contribution >= 4 is 22.8 Å². The van der Waals surface area contributed by atoms with Crippen LogP contribution in [0.25, 0.3) is 16.8 Å². The van der Waals surface area contributed by atoms with Crippen LogP contribution in [0.2, 0.25) is 0 Å². The highest BCUT2D eigenvalue weighted by Crippen LogP contribution is 2.26. The maximum atomic E-state index is 11.5. The van der Waals surface area contributed by atoms with E-state index in [1.54, 1.807) is 6.92 Å². The Hall–Kier alpha value is -2.30. The molecule has 0 radical (unpaired) electrons. The van der Waals surface area contributed by atoms with Crippen molar-refractivity contribution in [2.45, 2.75) is 19.8 Å².